The molecule has 0 atom stereocenters. The Labute approximate surface area is 104 Å². The van der Waals surface area contributed by atoms with Crippen molar-refractivity contribution >= 4 is 33.1 Å². The van der Waals surface area contributed by atoms with Crippen molar-refractivity contribution < 1.29 is 4.79 Å². The van der Waals surface area contributed by atoms with E-state index in [4.69, 9.17) is 0 Å². The molecule has 2 rings (SSSR count). The van der Waals surface area contributed by atoms with Gasteiger partial charge in [-0.05, 0) is 23.9 Å². The zero-order valence-electron chi connectivity index (χ0n) is 9.69. The van der Waals surface area contributed by atoms with Crippen LogP contribution in [0.1, 0.15) is 13.3 Å². The summed E-state index contributed by atoms with van der Waals surface area (Å²) in [4.78, 5) is 15.7. The first kappa shape index (κ1) is 11.9. The third-order valence-electron chi connectivity index (χ3n) is 2.37. The van der Waals surface area contributed by atoms with Gasteiger partial charge in [-0.15, -0.1) is 11.3 Å². The van der Waals surface area contributed by atoms with Gasteiger partial charge in [-0.3, -0.25) is 4.79 Å². The zero-order valence-corrected chi connectivity index (χ0v) is 10.5. The van der Waals surface area contributed by atoms with E-state index in [0.717, 1.165) is 24.2 Å². The van der Waals surface area contributed by atoms with Crippen LogP contribution >= 0.6 is 11.3 Å². The molecule has 0 saturated carbocycles. The number of hydrogen-bond acceptors (Lipinski definition) is 4. The molecule has 1 amide bonds. The Kier molecular flexibility index (Phi) is 3.93. The number of carbonyl (C=O) groups is 1. The molecule has 0 spiro atoms. The maximum Gasteiger partial charge on any atom is 0.239 e. The molecule has 0 aliphatic carbocycles. The van der Waals surface area contributed by atoms with Gasteiger partial charge < -0.3 is 10.6 Å². The van der Waals surface area contributed by atoms with Gasteiger partial charge in [0.05, 0.1) is 6.54 Å². The highest BCUT2D eigenvalue weighted by atomic mass is 32.1. The standard InChI is InChI=1S/C12H15N3OS/c1-2-5-13-11(16)8-15-12-9-4-7-17-10(9)3-6-14-12/h3-4,6-7H,2,5,8H2,1H3,(H,13,16)(H,14,15). The molecule has 0 aliphatic heterocycles. The number of fused-ring (bicyclic) bond motifs is 1. The number of amides is 1. The SMILES string of the molecule is CCCNC(=O)CNc1nccc2sccc12. The lowest BCUT2D eigenvalue weighted by molar-refractivity contribution is -0.119. The summed E-state index contributed by atoms with van der Waals surface area (Å²) in [7, 11) is 0. The highest BCUT2D eigenvalue weighted by Crippen LogP contribution is 2.25. The van der Waals surface area contributed by atoms with E-state index < -0.39 is 0 Å². The molecule has 17 heavy (non-hydrogen) atoms. The summed E-state index contributed by atoms with van der Waals surface area (Å²) in [6.45, 7) is 3.01. The number of nitrogens with zero attached hydrogens (tertiary/aromatic N) is 1. The normalized spacial score (nSPS) is 10.4. The maximum absolute atomic E-state index is 11.5. The average Bonchev–Trinajstić information content (AvgIpc) is 2.82. The molecule has 0 fully saturated rings. The Hall–Kier alpha value is -1.62. The summed E-state index contributed by atoms with van der Waals surface area (Å²) < 4.78 is 1.18. The quantitative estimate of drug-likeness (QED) is 0.854. The van der Waals surface area contributed by atoms with Gasteiger partial charge in [-0.1, -0.05) is 6.92 Å². The molecular formula is C12H15N3OS. The molecular weight excluding hydrogens is 234 g/mol. The molecule has 5 heteroatoms. The molecule has 0 unspecified atom stereocenters. The van der Waals surface area contributed by atoms with Gasteiger partial charge in [-0.25, -0.2) is 4.98 Å². The molecule has 2 aromatic heterocycles. The summed E-state index contributed by atoms with van der Waals surface area (Å²) >= 11 is 1.67. The lowest BCUT2D eigenvalue weighted by atomic mass is 10.3. The van der Waals surface area contributed by atoms with E-state index in [9.17, 15) is 4.79 Å². The molecule has 90 valence electrons. The van der Waals surface area contributed by atoms with Crippen molar-refractivity contribution in [3.8, 4) is 0 Å². The molecule has 0 bridgehead atoms. The van der Waals surface area contributed by atoms with Gasteiger partial charge in [0.15, 0.2) is 0 Å². The fraction of sp³-hybridized carbons (Fsp3) is 0.333. The Morgan fingerprint density at radius 1 is 1.47 bits per heavy atom. The predicted octanol–water partition coefficient (Wildman–Crippen LogP) is 2.23. The Morgan fingerprint density at radius 3 is 3.18 bits per heavy atom. The van der Waals surface area contributed by atoms with Crippen molar-refractivity contribution in [3.05, 3.63) is 23.7 Å². The highest BCUT2D eigenvalue weighted by molar-refractivity contribution is 7.17. The fourth-order valence-electron chi connectivity index (χ4n) is 1.53. The van der Waals surface area contributed by atoms with Crippen LogP contribution in [0.25, 0.3) is 10.1 Å². The van der Waals surface area contributed by atoms with Crippen molar-refractivity contribution in [1.82, 2.24) is 10.3 Å². The predicted molar refractivity (Wildman–Crippen MR) is 71.4 cm³/mol. The van der Waals surface area contributed by atoms with Crippen molar-refractivity contribution in [3.63, 3.8) is 0 Å². The third kappa shape index (κ3) is 2.94. The van der Waals surface area contributed by atoms with E-state index in [0.29, 0.717) is 0 Å². The number of pyridine rings is 1. The molecule has 2 aromatic rings. The number of carbonyl (C=O) groups excluding carboxylic acids is 1. The van der Waals surface area contributed by atoms with Gasteiger partial charge in [0.2, 0.25) is 5.91 Å². The van der Waals surface area contributed by atoms with Gasteiger partial charge in [0, 0.05) is 22.8 Å². The van der Waals surface area contributed by atoms with Gasteiger partial charge in [-0.2, -0.15) is 0 Å². The number of nitrogens with one attached hydrogen (secondary N) is 2. The lowest BCUT2D eigenvalue weighted by Gasteiger charge is -2.07. The number of aromatic nitrogens is 1. The molecule has 2 heterocycles. The Balaban J connectivity index is 1.99. The second kappa shape index (κ2) is 5.63. The number of hydrogen-bond donors (Lipinski definition) is 2. The van der Waals surface area contributed by atoms with Crippen molar-refractivity contribution in [2.24, 2.45) is 0 Å². The lowest BCUT2D eigenvalue weighted by Crippen LogP contribution is -2.30. The van der Waals surface area contributed by atoms with Crippen LogP contribution in [0.3, 0.4) is 0 Å². The average molecular weight is 249 g/mol. The van der Waals surface area contributed by atoms with Crippen LogP contribution < -0.4 is 10.6 Å². The van der Waals surface area contributed by atoms with E-state index in [1.165, 1.54) is 4.70 Å². The summed E-state index contributed by atoms with van der Waals surface area (Å²) in [6, 6.07) is 3.99. The zero-order chi connectivity index (χ0) is 12.1. The summed E-state index contributed by atoms with van der Waals surface area (Å²) in [5, 5.41) is 8.98. The third-order valence-corrected chi connectivity index (χ3v) is 3.25. The van der Waals surface area contributed by atoms with E-state index in [1.807, 2.05) is 24.4 Å². The summed E-state index contributed by atoms with van der Waals surface area (Å²) in [5.74, 6) is 0.774. The first-order valence-corrected chi connectivity index (χ1v) is 6.52. The molecule has 0 aromatic carbocycles. The molecule has 0 aliphatic rings. The summed E-state index contributed by atoms with van der Waals surface area (Å²) in [6.07, 6.45) is 2.70. The largest absolute Gasteiger partial charge is 0.360 e. The minimum absolute atomic E-state index is 0.000817. The Morgan fingerprint density at radius 2 is 2.35 bits per heavy atom. The van der Waals surface area contributed by atoms with Crippen molar-refractivity contribution in [2.75, 3.05) is 18.4 Å². The van der Waals surface area contributed by atoms with Gasteiger partial charge in [0.25, 0.3) is 0 Å². The van der Waals surface area contributed by atoms with Crippen LogP contribution in [0.4, 0.5) is 5.82 Å². The first-order chi connectivity index (χ1) is 8.31. The Bertz CT molecular complexity index is 509. The number of anilines is 1. The number of thiophene rings is 1. The monoisotopic (exact) mass is 249 g/mol. The second-order valence-electron chi connectivity index (χ2n) is 3.70. The molecule has 0 radical (unpaired) electrons. The van der Waals surface area contributed by atoms with E-state index in [-0.39, 0.29) is 12.5 Å². The van der Waals surface area contributed by atoms with Crippen molar-refractivity contribution in [2.45, 2.75) is 13.3 Å². The maximum atomic E-state index is 11.5. The minimum Gasteiger partial charge on any atom is -0.360 e. The molecule has 4 nitrogen and oxygen atoms in total. The van der Waals surface area contributed by atoms with Crippen molar-refractivity contribution in [1.29, 1.82) is 0 Å². The van der Waals surface area contributed by atoms with Gasteiger partial charge in [0.1, 0.15) is 5.82 Å². The highest BCUT2D eigenvalue weighted by Gasteiger charge is 2.05. The molecule has 2 N–H and O–H groups in total. The summed E-state index contributed by atoms with van der Waals surface area (Å²) in [5.41, 5.74) is 0. The van der Waals surface area contributed by atoms with Crippen LogP contribution in [0.15, 0.2) is 23.7 Å². The molecule has 0 saturated heterocycles. The van der Waals surface area contributed by atoms with E-state index >= 15 is 0 Å². The van der Waals surface area contributed by atoms with Gasteiger partial charge >= 0.3 is 0 Å². The van der Waals surface area contributed by atoms with Crippen LogP contribution in [0.2, 0.25) is 0 Å². The smallest absolute Gasteiger partial charge is 0.239 e. The second-order valence-corrected chi connectivity index (χ2v) is 4.64. The fourth-order valence-corrected chi connectivity index (χ4v) is 2.31. The van der Waals surface area contributed by atoms with Crippen LogP contribution in [-0.4, -0.2) is 24.0 Å². The van der Waals surface area contributed by atoms with E-state index in [1.54, 1.807) is 17.5 Å². The van der Waals surface area contributed by atoms with E-state index in [2.05, 4.69) is 15.6 Å². The topological polar surface area (TPSA) is 54.0 Å². The van der Waals surface area contributed by atoms with Crippen LogP contribution in [-0.2, 0) is 4.79 Å². The van der Waals surface area contributed by atoms with Crippen LogP contribution in [0, 0.1) is 0 Å². The first-order valence-electron chi connectivity index (χ1n) is 5.64. The number of rotatable bonds is 5. The minimum atomic E-state index is 0.000817. The van der Waals surface area contributed by atoms with Crippen LogP contribution in [0.5, 0.6) is 0 Å².